The highest BCUT2D eigenvalue weighted by Gasteiger charge is 2.32. The minimum Gasteiger partial charge on any atom is -0.465 e. The number of halogens is 2. The summed E-state index contributed by atoms with van der Waals surface area (Å²) in [7, 11) is 0. The van der Waals surface area contributed by atoms with Gasteiger partial charge in [0, 0.05) is 21.7 Å². The predicted octanol–water partition coefficient (Wildman–Crippen LogP) is 3.35. The number of nitrogens with one attached hydrogen (secondary N) is 1. The summed E-state index contributed by atoms with van der Waals surface area (Å²) in [5, 5.41) is 4.19. The van der Waals surface area contributed by atoms with Crippen molar-refractivity contribution in [1.82, 2.24) is 5.32 Å². The Labute approximate surface area is 116 Å². The summed E-state index contributed by atoms with van der Waals surface area (Å²) >= 11 is 12.3. The molecule has 1 aromatic carbocycles. The van der Waals surface area contributed by atoms with Crippen molar-refractivity contribution in [1.29, 1.82) is 0 Å². The molecule has 18 heavy (non-hydrogen) atoms. The number of ether oxygens (including phenoxy) is 1. The van der Waals surface area contributed by atoms with E-state index < -0.39 is 6.04 Å². The highest BCUT2D eigenvalue weighted by Crippen LogP contribution is 2.33. The van der Waals surface area contributed by atoms with Gasteiger partial charge in [-0.2, -0.15) is 0 Å². The van der Waals surface area contributed by atoms with E-state index in [1.807, 2.05) is 0 Å². The average molecular weight is 288 g/mol. The third kappa shape index (κ3) is 3.16. The van der Waals surface area contributed by atoms with Crippen LogP contribution in [0.4, 0.5) is 0 Å². The maximum absolute atomic E-state index is 12.0. The molecule has 2 rings (SSSR count). The van der Waals surface area contributed by atoms with Gasteiger partial charge in [-0.25, -0.2) is 4.79 Å². The zero-order valence-electron chi connectivity index (χ0n) is 10.1. The van der Waals surface area contributed by atoms with E-state index >= 15 is 0 Å². The lowest BCUT2D eigenvalue weighted by Crippen LogP contribution is -2.32. The van der Waals surface area contributed by atoms with Crippen LogP contribution in [0.3, 0.4) is 0 Å². The van der Waals surface area contributed by atoms with Gasteiger partial charge in [0.25, 0.3) is 0 Å². The number of hydrogen-bond donors (Lipinski definition) is 1. The van der Waals surface area contributed by atoms with E-state index in [0.29, 0.717) is 28.3 Å². The van der Waals surface area contributed by atoms with Crippen LogP contribution in [0, 0.1) is 0 Å². The van der Waals surface area contributed by atoms with Crippen LogP contribution in [0.15, 0.2) is 18.2 Å². The molecule has 1 unspecified atom stereocenters. The van der Waals surface area contributed by atoms with E-state index in [9.17, 15) is 4.79 Å². The molecule has 1 saturated carbocycles. The monoisotopic (exact) mass is 287 g/mol. The fourth-order valence-electron chi connectivity index (χ4n) is 1.77. The van der Waals surface area contributed by atoms with Crippen LogP contribution in [-0.2, 0) is 9.53 Å². The van der Waals surface area contributed by atoms with E-state index in [0.717, 1.165) is 12.8 Å². The Hall–Kier alpha value is -0.770. The first-order valence-electron chi connectivity index (χ1n) is 6.00. The van der Waals surface area contributed by atoms with Crippen molar-refractivity contribution < 1.29 is 9.53 Å². The van der Waals surface area contributed by atoms with E-state index in [4.69, 9.17) is 27.9 Å². The molecule has 0 bridgehead atoms. The van der Waals surface area contributed by atoms with Gasteiger partial charge in [0.1, 0.15) is 6.04 Å². The highest BCUT2D eigenvalue weighted by molar-refractivity contribution is 6.36. The van der Waals surface area contributed by atoms with Crippen molar-refractivity contribution in [3.8, 4) is 0 Å². The Balaban J connectivity index is 2.29. The summed E-state index contributed by atoms with van der Waals surface area (Å²) in [6.45, 7) is 2.12. The standard InChI is InChI=1S/C13H15Cl2NO2/c1-2-18-13(17)12(16-8-6-7-8)11-9(14)4-3-5-10(11)15/h3-5,8,12,16H,2,6-7H2,1H3. The molecule has 1 aromatic rings. The highest BCUT2D eigenvalue weighted by atomic mass is 35.5. The summed E-state index contributed by atoms with van der Waals surface area (Å²) < 4.78 is 5.08. The van der Waals surface area contributed by atoms with Gasteiger partial charge in [-0.3, -0.25) is 5.32 Å². The normalized spacial score (nSPS) is 16.4. The van der Waals surface area contributed by atoms with Crippen LogP contribution < -0.4 is 5.32 Å². The smallest absolute Gasteiger partial charge is 0.327 e. The molecular formula is C13H15Cl2NO2. The lowest BCUT2D eigenvalue weighted by atomic mass is 10.1. The van der Waals surface area contributed by atoms with Gasteiger partial charge in [-0.15, -0.1) is 0 Å². The molecule has 0 radical (unpaired) electrons. The van der Waals surface area contributed by atoms with Gasteiger partial charge in [0.2, 0.25) is 0 Å². The van der Waals surface area contributed by atoms with Gasteiger partial charge in [0.05, 0.1) is 6.61 Å². The maximum atomic E-state index is 12.0. The lowest BCUT2D eigenvalue weighted by molar-refractivity contribution is -0.145. The fraction of sp³-hybridized carbons (Fsp3) is 0.462. The molecule has 0 amide bonds. The summed E-state index contributed by atoms with van der Waals surface area (Å²) in [6.07, 6.45) is 2.13. The largest absolute Gasteiger partial charge is 0.465 e. The Kier molecular flexibility index (Phi) is 4.49. The van der Waals surface area contributed by atoms with Crippen LogP contribution in [0.1, 0.15) is 31.4 Å². The minimum atomic E-state index is -0.585. The van der Waals surface area contributed by atoms with E-state index in [1.165, 1.54) is 0 Å². The van der Waals surface area contributed by atoms with Crippen LogP contribution in [0.25, 0.3) is 0 Å². The third-order valence-corrected chi connectivity index (χ3v) is 3.45. The average Bonchev–Trinajstić information content (AvgIpc) is 3.11. The molecular weight excluding hydrogens is 273 g/mol. The number of carbonyl (C=O) groups excluding carboxylic acids is 1. The SMILES string of the molecule is CCOC(=O)C(NC1CC1)c1c(Cl)cccc1Cl. The van der Waals surface area contributed by atoms with Crippen molar-refractivity contribution in [2.45, 2.75) is 31.8 Å². The number of benzene rings is 1. The van der Waals surface area contributed by atoms with Crippen LogP contribution in [-0.4, -0.2) is 18.6 Å². The van der Waals surface area contributed by atoms with E-state index in [-0.39, 0.29) is 5.97 Å². The zero-order chi connectivity index (χ0) is 13.1. The van der Waals surface area contributed by atoms with Gasteiger partial charge < -0.3 is 4.74 Å². The van der Waals surface area contributed by atoms with Crippen molar-refractivity contribution in [2.75, 3.05) is 6.61 Å². The number of esters is 1. The molecule has 3 nitrogen and oxygen atoms in total. The minimum absolute atomic E-state index is 0.334. The molecule has 98 valence electrons. The Morgan fingerprint density at radius 1 is 1.44 bits per heavy atom. The van der Waals surface area contributed by atoms with E-state index in [2.05, 4.69) is 5.32 Å². The molecule has 0 aliphatic heterocycles. The number of rotatable bonds is 5. The topological polar surface area (TPSA) is 38.3 Å². The first kappa shape index (κ1) is 13.7. The molecule has 0 spiro atoms. The first-order chi connectivity index (χ1) is 8.63. The second kappa shape index (κ2) is 5.91. The molecule has 1 aliphatic rings. The van der Waals surface area contributed by atoms with Crippen molar-refractivity contribution in [3.05, 3.63) is 33.8 Å². The molecule has 1 fully saturated rings. The number of hydrogen-bond acceptors (Lipinski definition) is 3. The van der Waals surface area contributed by atoms with Gasteiger partial charge >= 0.3 is 5.97 Å². The van der Waals surface area contributed by atoms with E-state index in [1.54, 1.807) is 25.1 Å². The molecule has 0 saturated heterocycles. The van der Waals surface area contributed by atoms with Crippen molar-refractivity contribution >= 4 is 29.2 Å². The van der Waals surface area contributed by atoms with Crippen LogP contribution in [0.5, 0.6) is 0 Å². The quantitative estimate of drug-likeness (QED) is 0.844. The number of carbonyl (C=O) groups is 1. The van der Waals surface area contributed by atoms with Crippen LogP contribution in [0.2, 0.25) is 10.0 Å². The molecule has 1 N–H and O–H groups in total. The Morgan fingerprint density at radius 2 is 2.06 bits per heavy atom. The summed E-state index contributed by atoms with van der Waals surface area (Å²) in [4.78, 5) is 12.0. The third-order valence-electron chi connectivity index (χ3n) is 2.79. The van der Waals surface area contributed by atoms with Crippen molar-refractivity contribution in [2.24, 2.45) is 0 Å². The lowest BCUT2D eigenvalue weighted by Gasteiger charge is -2.19. The molecule has 5 heteroatoms. The predicted molar refractivity (Wildman–Crippen MR) is 72.0 cm³/mol. The Bertz CT molecular complexity index is 426. The summed E-state index contributed by atoms with van der Waals surface area (Å²) in [5.41, 5.74) is 0.603. The fourth-order valence-corrected chi connectivity index (χ4v) is 2.38. The molecule has 0 heterocycles. The molecule has 0 aromatic heterocycles. The first-order valence-corrected chi connectivity index (χ1v) is 6.75. The second-order valence-electron chi connectivity index (χ2n) is 4.26. The van der Waals surface area contributed by atoms with Crippen molar-refractivity contribution in [3.63, 3.8) is 0 Å². The maximum Gasteiger partial charge on any atom is 0.327 e. The second-order valence-corrected chi connectivity index (χ2v) is 5.08. The Morgan fingerprint density at radius 3 is 2.56 bits per heavy atom. The van der Waals surface area contributed by atoms with Gasteiger partial charge in [-0.1, -0.05) is 29.3 Å². The van der Waals surface area contributed by atoms with Crippen LogP contribution >= 0.6 is 23.2 Å². The molecule has 1 atom stereocenters. The van der Waals surface area contributed by atoms with Gasteiger partial charge in [0.15, 0.2) is 0 Å². The summed E-state index contributed by atoms with van der Waals surface area (Å²) in [5.74, 6) is -0.334. The summed E-state index contributed by atoms with van der Waals surface area (Å²) in [6, 6.07) is 4.98. The molecule has 1 aliphatic carbocycles. The zero-order valence-corrected chi connectivity index (χ0v) is 11.6. The van der Waals surface area contributed by atoms with Gasteiger partial charge in [-0.05, 0) is 31.9 Å².